The molecule has 0 unspecified atom stereocenters. The summed E-state index contributed by atoms with van der Waals surface area (Å²) in [7, 11) is 0. The van der Waals surface area contributed by atoms with Crippen molar-refractivity contribution >= 4 is 0 Å². The average Bonchev–Trinajstić information content (AvgIpc) is 2.76. The Bertz CT molecular complexity index is 682. The van der Waals surface area contributed by atoms with Crippen LogP contribution in [0.4, 0.5) is 57.1 Å². The maximum atomic E-state index is 14.4. The van der Waals surface area contributed by atoms with E-state index in [4.69, 9.17) is 0 Å². The van der Waals surface area contributed by atoms with Gasteiger partial charge in [-0.15, -0.1) is 0 Å². The van der Waals surface area contributed by atoms with Gasteiger partial charge in [-0.1, -0.05) is 39.0 Å². The Morgan fingerprint density at radius 2 is 0.914 bits per heavy atom. The van der Waals surface area contributed by atoms with Crippen LogP contribution >= 0.6 is 0 Å². The van der Waals surface area contributed by atoms with E-state index in [0.29, 0.717) is 5.92 Å². The van der Waals surface area contributed by atoms with E-state index in [1.54, 1.807) is 0 Å². The van der Waals surface area contributed by atoms with Gasteiger partial charge in [0.15, 0.2) is 0 Å². The van der Waals surface area contributed by atoms with Gasteiger partial charge in [0.1, 0.15) is 0 Å². The molecule has 0 aromatic rings. The van der Waals surface area contributed by atoms with E-state index in [1.807, 2.05) is 0 Å². The predicted octanol–water partition coefficient (Wildman–Crippen LogP) is 9.53. The van der Waals surface area contributed by atoms with Crippen LogP contribution in [-0.4, -0.2) is 35.8 Å². The fraction of sp³-hybridized carbons (Fsp3) is 1.00. The lowest BCUT2D eigenvalue weighted by atomic mass is 9.67. The van der Waals surface area contributed by atoms with Crippen molar-refractivity contribution in [2.75, 3.05) is 0 Å². The molecule has 2 aliphatic rings. The van der Waals surface area contributed by atoms with E-state index in [2.05, 4.69) is 6.92 Å². The minimum atomic E-state index is -7.82. The van der Waals surface area contributed by atoms with Crippen LogP contribution in [0.15, 0.2) is 0 Å². The molecule has 0 atom stereocenters. The molecule has 0 radical (unpaired) electrons. The van der Waals surface area contributed by atoms with E-state index >= 15 is 0 Å². The lowest BCUT2D eigenvalue weighted by Crippen LogP contribution is -2.71. The molecule has 0 nitrogen and oxygen atoms in total. The first kappa shape index (κ1) is 30.3. The van der Waals surface area contributed by atoms with Crippen molar-refractivity contribution in [1.82, 2.24) is 0 Å². The van der Waals surface area contributed by atoms with Crippen molar-refractivity contribution < 1.29 is 57.1 Å². The first-order valence-corrected chi connectivity index (χ1v) is 11.7. The Hall–Kier alpha value is -0.910. The predicted molar refractivity (Wildman–Crippen MR) is 101 cm³/mol. The van der Waals surface area contributed by atoms with Gasteiger partial charge in [-0.2, -0.15) is 57.1 Å². The van der Waals surface area contributed by atoms with Crippen LogP contribution in [0.25, 0.3) is 0 Å². The number of rotatable bonds is 9. The van der Waals surface area contributed by atoms with Gasteiger partial charge in [-0.3, -0.25) is 0 Å². The van der Waals surface area contributed by atoms with Gasteiger partial charge in [0.25, 0.3) is 0 Å². The molecule has 0 aromatic heterocycles. The van der Waals surface area contributed by atoms with Gasteiger partial charge in [0, 0.05) is 5.92 Å². The average molecular weight is 540 g/mol. The Morgan fingerprint density at radius 3 is 1.31 bits per heavy atom. The lowest BCUT2D eigenvalue weighted by molar-refractivity contribution is -0.443. The van der Waals surface area contributed by atoms with E-state index in [9.17, 15) is 57.1 Å². The maximum absolute atomic E-state index is 14.4. The number of hydrogen-bond acceptors (Lipinski definition) is 0. The molecular weight excluding hydrogens is 511 g/mol. The van der Waals surface area contributed by atoms with Crippen LogP contribution in [0.1, 0.15) is 77.6 Å². The highest BCUT2D eigenvalue weighted by molar-refractivity contribution is 5.11. The minimum absolute atomic E-state index is 0.0820. The Balaban J connectivity index is 2.11. The summed E-state index contributed by atoms with van der Waals surface area (Å²) in [5, 5.41) is 0. The zero-order chi connectivity index (χ0) is 27.1. The molecule has 0 spiro atoms. The highest BCUT2D eigenvalue weighted by Crippen LogP contribution is 2.62. The molecule has 0 amide bonds. The molecular formula is C22H29F13. The summed E-state index contributed by atoms with van der Waals surface area (Å²) in [6.07, 6.45) is -2.50. The molecule has 13 heteroatoms. The second-order valence-electron chi connectivity index (χ2n) is 9.95. The molecule has 0 saturated heterocycles. The van der Waals surface area contributed by atoms with Crippen LogP contribution < -0.4 is 0 Å². The van der Waals surface area contributed by atoms with E-state index in [1.165, 1.54) is 0 Å². The molecule has 0 heterocycles. The van der Waals surface area contributed by atoms with Crippen LogP contribution in [0, 0.1) is 23.7 Å². The van der Waals surface area contributed by atoms with Gasteiger partial charge in [-0.05, 0) is 56.3 Å². The molecule has 2 saturated carbocycles. The quantitative estimate of drug-likeness (QED) is 0.256. The van der Waals surface area contributed by atoms with Crippen molar-refractivity contribution in [2.24, 2.45) is 23.7 Å². The largest absolute Gasteiger partial charge is 0.460 e. The summed E-state index contributed by atoms with van der Waals surface area (Å²) in [4.78, 5) is 0. The standard InChI is InChI=1S/C22H29F13/c1-2-3-4-13-5-7-14(8-6-13)15-9-11-16(12-10-15)17(23,24)18(25,26)19(27,28)20(29,30)21(31,32)22(33,34)35/h13-16H,2-12H2,1H3/t13-,14-,15?,16?. The first-order valence-electron chi connectivity index (χ1n) is 11.7. The van der Waals surface area contributed by atoms with Gasteiger partial charge < -0.3 is 0 Å². The van der Waals surface area contributed by atoms with Gasteiger partial charge in [0.05, 0.1) is 0 Å². The fourth-order valence-electron chi connectivity index (χ4n) is 5.43. The fourth-order valence-corrected chi connectivity index (χ4v) is 5.43. The van der Waals surface area contributed by atoms with Gasteiger partial charge in [0.2, 0.25) is 0 Å². The SMILES string of the molecule is CCCC[C@H]1CC[C@H](C2CCC(C(F)(F)C(F)(F)C(F)(F)C(F)(F)C(F)(F)C(F)(F)F)CC2)CC1. The molecule has 208 valence electrons. The Kier molecular flexibility index (Phi) is 8.75. The Morgan fingerprint density at radius 1 is 0.514 bits per heavy atom. The third-order valence-corrected chi connectivity index (χ3v) is 7.77. The second-order valence-corrected chi connectivity index (χ2v) is 9.95. The van der Waals surface area contributed by atoms with Crippen molar-refractivity contribution in [3.8, 4) is 0 Å². The van der Waals surface area contributed by atoms with Crippen molar-refractivity contribution in [1.29, 1.82) is 0 Å². The summed E-state index contributed by atoms with van der Waals surface area (Å²) in [6.45, 7) is 2.06. The van der Waals surface area contributed by atoms with Crippen LogP contribution in [0.5, 0.6) is 0 Å². The molecule has 35 heavy (non-hydrogen) atoms. The summed E-state index contributed by atoms with van der Waals surface area (Å²) in [5.41, 5.74) is 0. The highest BCUT2D eigenvalue weighted by Gasteiger charge is 2.91. The van der Waals surface area contributed by atoms with Gasteiger partial charge >= 0.3 is 35.8 Å². The van der Waals surface area contributed by atoms with E-state index in [-0.39, 0.29) is 24.7 Å². The Labute approximate surface area is 195 Å². The normalized spacial score (nSPS) is 28.3. The minimum Gasteiger partial charge on any atom is -0.199 e. The zero-order valence-corrected chi connectivity index (χ0v) is 19.0. The smallest absolute Gasteiger partial charge is 0.199 e. The molecule has 0 aliphatic heterocycles. The van der Waals surface area contributed by atoms with Gasteiger partial charge in [-0.25, -0.2) is 0 Å². The first-order chi connectivity index (χ1) is 15.8. The second kappa shape index (κ2) is 10.1. The zero-order valence-electron chi connectivity index (χ0n) is 19.0. The number of unbranched alkanes of at least 4 members (excludes halogenated alkanes) is 1. The number of alkyl halides is 13. The van der Waals surface area contributed by atoms with Crippen LogP contribution in [-0.2, 0) is 0 Å². The third kappa shape index (κ3) is 5.25. The molecule has 2 aliphatic carbocycles. The lowest BCUT2D eigenvalue weighted by Gasteiger charge is -2.44. The molecule has 0 bridgehead atoms. The summed E-state index contributed by atoms with van der Waals surface area (Å²) in [6, 6.07) is 0. The van der Waals surface area contributed by atoms with E-state index in [0.717, 1.165) is 44.9 Å². The third-order valence-electron chi connectivity index (χ3n) is 7.77. The van der Waals surface area contributed by atoms with Crippen molar-refractivity contribution in [2.45, 2.75) is 113 Å². The van der Waals surface area contributed by atoms with Crippen LogP contribution in [0.2, 0.25) is 0 Å². The summed E-state index contributed by atoms with van der Waals surface area (Å²) in [5.74, 6) is -38.4. The maximum Gasteiger partial charge on any atom is 0.460 e. The highest BCUT2D eigenvalue weighted by atomic mass is 19.4. The molecule has 0 aromatic carbocycles. The van der Waals surface area contributed by atoms with Crippen molar-refractivity contribution in [3.63, 3.8) is 0 Å². The molecule has 0 N–H and O–H groups in total. The summed E-state index contributed by atoms with van der Waals surface area (Å²) < 4.78 is 174. The molecule has 2 rings (SSSR count). The summed E-state index contributed by atoms with van der Waals surface area (Å²) >= 11 is 0. The van der Waals surface area contributed by atoms with E-state index < -0.39 is 54.5 Å². The topological polar surface area (TPSA) is 0 Å². The number of hydrogen-bond donors (Lipinski definition) is 0. The van der Waals surface area contributed by atoms with Crippen LogP contribution in [0.3, 0.4) is 0 Å². The number of halogens is 13. The molecule has 2 fully saturated rings. The monoisotopic (exact) mass is 540 g/mol. The van der Waals surface area contributed by atoms with Crippen molar-refractivity contribution in [3.05, 3.63) is 0 Å².